The van der Waals surface area contributed by atoms with E-state index in [4.69, 9.17) is 4.74 Å². The normalized spacial score (nSPS) is 12.7. The number of para-hydroxylation sites is 1. The van der Waals surface area contributed by atoms with E-state index in [9.17, 15) is 14.9 Å². The van der Waals surface area contributed by atoms with Gasteiger partial charge < -0.3 is 10.1 Å². The Bertz CT molecular complexity index is 827. The zero-order valence-electron chi connectivity index (χ0n) is 12.4. The monoisotopic (exact) mass is 310 g/mol. The van der Waals surface area contributed by atoms with Gasteiger partial charge in [-0.15, -0.1) is 0 Å². The van der Waals surface area contributed by atoms with E-state index in [1.54, 1.807) is 13.0 Å². The molecule has 23 heavy (non-hydrogen) atoms. The smallest absolute Gasteiger partial charge is 0.269 e. The number of anilines is 1. The predicted octanol–water partition coefficient (Wildman–Crippen LogP) is 3.32. The van der Waals surface area contributed by atoms with Gasteiger partial charge in [-0.2, -0.15) is 0 Å². The van der Waals surface area contributed by atoms with Crippen LogP contribution in [0.1, 0.15) is 11.1 Å². The van der Waals surface area contributed by atoms with Crippen molar-refractivity contribution < 1.29 is 14.5 Å². The van der Waals surface area contributed by atoms with Crippen LogP contribution in [0.15, 0.2) is 48.0 Å². The molecular formula is C17H14N2O4. The summed E-state index contributed by atoms with van der Waals surface area (Å²) in [6.07, 6.45) is 1.79. The Morgan fingerprint density at radius 3 is 2.78 bits per heavy atom. The number of amides is 1. The number of rotatable bonds is 3. The van der Waals surface area contributed by atoms with Crippen LogP contribution in [0.3, 0.4) is 0 Å². The van der Waals surface area contributed by atoms with Gasteiger partial charge in [0.2, 0.25) is 0 Å². The van der Waals surface area contributed by atoms with Crippen LogP contribution in [-0.2, 0) is 4.79 Å². The van der Waals surface area contributed by atoms with E-state index in [-0.39, 0.29) is 18.2 Å². The van der Waals surface area contributed by atoms with E-state index in [1.165, 1.54) is 18.2 Å². The number of hydrogen-bond acceptors (Lipinski definition) is 4. The molecule has 1 aliphatic heterocycles. The number of carbonyl (C=O) groups excluding carboxylic acids is 1. The first-order chi connectivity index (χ1) is 11.0. The van der Waals surface area contributed by atoms with Crippen LogP contribution < -0.4 is 10.1 Å². The van der Waals surface area contributed by atoms with Gasteiger partial charge in [0.05, 0.1) is 10.5 Å². The Kier molecular flexibility index (Phi) is 3.80. The van der Waals surface area contributed by atoms with Gasteiger partial charge in [-0.05, 0) is 30.7 Å². The molecule has 116 valence electrons. The Morgan fingerprint density at radius 2 is 2.04 bits per heavy atom. The summed E-state index contributed by atoms with van der Waals surface area (Å²) in [4.78, 5) is 22.6. The first-order valence-corrected chi connectivity index (χ1v) is 7.03. The third-order valence-electron chi connectivity index (χ3n) is 3.59. The molecule has 1 heterocycles. The van der Waals surface area contributed by atoms with E-state index in [1.807, 2.05) is 24.3 Å². The highest BCUT2D eigenvalue weighted by Gasteiger charge is 2.18. The fourth-order valence-corrected chi connectivity index (χ4v) is 2.35. The summed E-state index contributed by atoms with van der Waals surface area (Å²) >= 11 is 0. The maximum absolute atomic E-state index is 12.4. The Balaban J connectivity index is 1.80. The predicted molar refractivity (Wildman–Crippen MR) is 86.4 cm³/mol. The molecule has 2 aromatic rings. The van der Waals surface area contributed by atoms with Crippen LogP contribution in [0.2, 0.25) is 0 Å². The average Bonchev–Trinajstić information content (AvgIpc) is 2.56. The summed E-state index contributed by atoms with van der Waals surface area (Å²) in [5.74, 6) is 0.465. The molecule has 0 unspecified atom stereocenters. The second-order valence-corrected chi connectivity index (χ2v) is 5.21. The van der Waals surface area contributed by atoms with E-state index in [0.29, 0.717) is 16.8 Å². The molecule has 1 aliphatic rings. The Labute approximate surface area is 132 Å². The molecule has 3 rings (SSSR count). The third-order valence-corrected chi connectivity index (χ3v) is 3.59. The molecular weight excluding hydrogens is 296 g/mol. The van der Waals surface area contributed by atoms with Gasteiger partial charge in [0.1, 0.15) is 12.4 Å². The van der Waals surface area contributed by atoms with Crippen molar-refractivity contribution in [3.8, 4) is 5.75 Å². The summed E-state index contributed by atoms with van der Waals surface area (Å²) in [5.41, 5.74) is 2.52. The summed E-state index contributed by atoms with van der Waals surface area (Å²) < 4.78 is 5.56. The molecule has 0 aliphatic carbocycles. The highest BCUT2D eigenvalue weighted by molar-refractivity contribution is 6.07. The number of nitrogens with zero attached hydrogens (tertiary/aromatic N) is 1. The fourth-order valence-electron chi connectivity index (χ4n) is 2.35. The number of aryl methyl sites for hydroxylation is 1. The standard InChI is InChI=1S/C17H14N2O4/c1-11-8-14(19(21)22)6-7-15(11)18-17(20)13-9-12-4-2-3-5-16(12)23-10-13/h2-9H,10H2,1H3,(H,18,20). The number of nitro groups is 1. The maximum Gasteiger partial charge on any atom is 0.269 e. The summed E-state index contributed by atoms with van der Waals surface area (Å²) in [7, 11) is 0. The lowest BCUT2D eigenvalue weighted by molar-refractivity contribution is -0.384. The summed E-state index contributed by atoms with van der Waals surface area (Å²) in [6.45, 7) is 1.90. The molecule has 0 atom stereocenters. The van der Waals surface area contributed by atoms with Crippen molar-refractivity contribution in [2.24, 2.45) is 0 Å². The molecule has 0 aromatic heterocycles. The fraction of sp³-hybridized carbons (Fsp3) is 0.118. The van der Waals surface area contributed by atoms with Crippen molar-refractivity contribution in [3.63, 3.8) is 0 Å². The number of hydrogen-bond donors (Lipinski definition) is 1. The number of fused-ring (bicyclic) bond motifs is 1. The summed E-state index contributed by atoms with van der Waals surface area (Å²) in [5, 5.41) is 13.5. The molecule has 0 fully saturated rings. The van der Waals surface area contributed by atoms with Crippen molar-refractivity contribution in [1.82, 2.24) is 0 Å². The number of benzene rings is 2. The van der Waals surface area contributed by atoms with Gasteiger partial charge in [-0.25, -0.2) is 0 Å². The lowest BCUT2D eigenvalue weighted by Crippen LogP contribution is -2.21. The van der Waals surface area contributed by atoms with Crippen molar-refractivity contribution in [2.45, 2.75) is 6.92 Å². The molecule has 0 bridgehead atoms. The number of non-ortho nitro benzene ring substituents is 1. The third kappa shape index (κ3) is 3.06. The summed E-state index contributed by atoms with van der Waals surface area (Å²) in [6, 6.07) is 11.8. The number of ether oxygens (including phenoxy) is 1. The second kappa shape index (κ2) is 5.92. The minimum atomic E-state index is -0.465. The van der Waals surface area contributed by atoms with Crippen LogP contribution in [0.25, 0.3) is 6.08 Å². The van der Waals surface area contributed by atoms with Crippen LogP contribution in [0, 0.1) is 17.0 Å². The van der Waals surface area contributed by atoms with E-state index >= 15 is 0 Å². The molecule has 0 radical (unpaired) electrons. The maximum atomic E-state index is 12.4. The molecule has 0 saturated carbocycles. The largest absolute Gasteiger partial charge is 0.488 e. The lowest BCUT2D eigenvalue weighted by atomic mass is 10.1. The molecule has 1 N–H and O–H groups in total. The van der Waals surface area contributed by atoms with Gasteiger partial charge in [0.15, 0.2) is 0 Å². The molecule has 0 saturated heterocycles. The van der Waals surface area contributed by atoms with Gasteiger partial charge in [0, 0.05) is 23.4 Å². The van der Waals surface area contributed by atoms with Crippen LogP contribution >= 0.6 is 0 Å². The molecule has 0 spiro atoms. The van der Waals surface area contributed by atoms with Gasteiger partial charge in [0.25, 0.3) is 11.6 Å². The van der Waals surface area contributed by atoms with Gasteiger partial charge >= 0.3 is 0 Å². The van der Waals surface area contributed by atoms with Crippen LogP contribution in [0.4, 0.5) is 11.4 Å². The van der Waals surface area contributed by atoms with Crippen molar-refractivity contribution in [2.75, 3.05) is 11.9 Å². The zero-order chi connectivity index (χ0) is 16.4. The zero-order valence-corrected chi connectivity index (χ0v) is 12.4. The SMILES string of the molecule is Cc1cc([N+](=O)[O-])ccc1NC(=O)C1=Cc2ccccc2OC1. The molecule has 2 aromatic carbocycles. The van der Waals surface area contributed by atoms with E-state index < -0.39 is 4.92 Å². The van der Waals surface area contributed by atoms with Crippen molar-refractivity contribution >= 4 is 23.4 Å². The first kappa shape index (κ1) is 14.8. The molecule has 6 heteroatoms. The minimum absolute atomic E-state index is 0.00496. The van der Waals surface area contributed by atoms with Crippen LogP contribution in [-0.4, -0.2) is 17.4 Å². The minimum Gasteiger partial charge on any atom is -0.488 e. The van der Waals surface area contributed by atoms with Crippen molar-refractivity contribution in [3.05, 3.63) is 69.3 Å². The number of nitro benzene ring substituents is 1. The topological polar surface area (TPSA) is 81.5 Å². The van der Waals surface area contributed by atoms with Crippen LogP contribution in [0.5, 0.6) is 5.75 Å². The Hall–Kier alpha value is -3.15. The first-order valence-electron chi connectivity index (χ1n) is 7.03. The van der Waals surface area contributed by atoms with Gasteiger partial charge in [-0.1, -0.05) is 18.2 Å². The quantitative estimate of drug-likeness (QED) is 0.696. The number of carbonyl (C=O) groups is 1. The van der Waals surface area contributed by atoms with E-state index in [2.05, 4.69) is 5.32 Å². The average molecular weight is 310 g/mol. The molecule has 6 nitrogen and oxygen atoms in total. The second-order valence-electron chi connectivity index (χ2n) is 5.21. The molecule has 1 amide bonds. The van der Waals surface area contributed by atoms with Crippen molar-refractivity contribution in [1.29, 1.82) is 0 Å². The highest BCUT2D eigenvalue weighted by atomic mass is 16.6. The Morgan fingerprint density at radius 1 is 1.26 bits per heavy atom. The highest BCUT2D eigenvalue weighted by Crippen LogP contribution is 2.27. The number of nitrogens with one attached hydrogen (secondary N) is 1. The van der Waals surface area contributed by atoms with Gasteiger partial charge in [-0.3, -0.25) is 14.9 Å². The van der Waals surface area contributed by atoms with E-state index in [0.717, 1.165) is 11.3 Å². The lowest BCUT2D eigenvalue weighted by Gasteiger charge is -2.17.